The first kappa shape index (κ1) is 15.0. The first-order valence-corrected chi connectivity index (χ1v) is 6.69. The van der Waals surface area contributed by atoms with Gasteiger partial charge in [0.05, 0.1) is 0 Å². The number of carbonyl (C=O) groups is 1. The van der Waals surface area contributed by atoms with Crippen molar-refractivity contribution in [3.8, 4) is 5.75 Å². The maximum atomic E-state index is 12.8. The van der Waals surface area contributed by atoms with E-state index in [9.17, 15) is 9.18 Å². The summed E-state index contributed by atoms with van der Waals surface area (Å²) in [6.07, 6.45) is 2.28. The molecule has 6 nitrogen and oxygen atoms in total. The van der Waals surface area contributed by atoms with Crippen molar-refractivity contribution in [2.24, 2.45) is 0 Å². The van der Waals surface area contributed by atoms with Crippen LogP contribution in [-0.4, -0.2) is 33.7 Å². The number of aromatic amines is 1. The number of halogens is 1. The number of aryl methyl sites for hydroxylation is 1. The standard InChI is InChI=1S/C14H17FN4O2/c1-10(21-12-6-4-11(15)5-7-12)14(20)16-8-2-3-13-17-9-18-19-13/h4-7,9-10H,2-3,8H2,1H3,(H,16,20)(H,17,18,19). The highest BCUT2D eigenvalue weighted by atomic mass is 19.1. The third kappa shape index (κ3) is 4.87. The lowest BCUT2D eigenvalue weighted by molar-refractivity contribution is -0.127. The molecular weight excluding hydrogens is 275 g/mol. The Morgan fingerprint density at radius 3 is 2.86 bits per heavy atom. The third-order valence-corrected chi connectivity index (χ3v) is 2.85. The third-order valence-electron chi connectivity index (χ3n) is 2.85. The van der Waals surface area contributed by atoms with E-state index in [0.717, 1.165) is 12.2 Å². The molecular formula is C14H17FN4O2. The Kier molecular flexibility index (Phi) is 5.25. The minimum absolute atomic E-state index is 0.211. The van der Waals surface area contributed by atoms with Crippen LogP contribution >= 0.6 is 0 Å². The number of nitrogens with zero attached hydrogens (tertiary/aromatic N) is 2. The van der Waals surface area contributed by atoms with E-state index < -0.39 is 6.10 Å². The Morgan fingerprint density at radius 2 is 2.19 bits per heavy atom. The van der Waals surface area contributed by atoms with Gasteiger partial charge in [-0.3, -0.25) is 9.89 Å². The lowest BCUT2D eigenvalue weighted by Crippen LogP contribution is -2.36. The SMILES string of the molecule is CC(Oc1ccc(F)cc1)C(=O)NCCCc1ncn[nH]1. The molecule has 0 aliphatic rings. The summed E-state index contributed by atoms with van der Waals surface area (Å²) in [6, 6.07) is 5.56. The number of hydrogen-bond acceptors (Lipinski definition) is 4. The van der Waals surface area contributed by atoms with Crippen LogP contribution < -0.4 is 10.1 Å². The van der Waals surface area contributed by atoms with Gasteiger partial charge in [-0.2, -0.15) is 5.10 Å². The number of carbonyl (C=O) groups excluding carboxylic acids is 1. The lowest BCUT2D eigenvalue weighted by atomic mass is 10.3. The molecule has 1 aromatic carbocycles. The van der Waals surface area contributed by atoms with Crippen LogP contribution in [0, 0.1) is 5.82 Å². The Balaban J connectivity index is 1.68. The van der Waals surface area contributed by atoms with E-state index in [2.05, 4.69) is 20.5 Å². The Labute approximate surface area is 121 Å². The van der Waals surface area contributed by atoms with Crippen LogP contribution in [-0.2, 0) is 11.2 Å². The van der Waals surface area contributed by atoms with Gasteiger partial charge in [-0.05, 0) is 37.6 Å². The van der Waals surface area contributed by atoms with Crippen LogP contribution in [0.3, 0.4) is 0 Å². The Morgan fingerprint density at radius 1 is 1.43 bits per heavy atom. The van der Waals surface area contributed by atoms with Crippen molar-refractivity contribution in [1.29, 1.82) is 0 Å². The summed E-state index contributed by atoms with van der Waals surface area (Å²) in [6.45, 7) is 2.17. The molecule has 1 atom stereocenters. The van der Waals surface area contributed by atoms with Crippen LogP contribution in [0.5, 0.6) is 5.75 Å². The van der Waals surface area contributed by atoms with Gasteiger partial charge in [-0.1, -0.05) is 0 Å². The molecule has 0 radical (unpaired) electrons. The highest BCUT2D eigenvalue weighted by Crippen LogP contribution is 2.12. The second-order valence-corrected chi connectivity index (χ2v) is 4.54. The molecule has 1 amide bonds. The summed E-state index contributed by atoms with van der Waals surface area (Å²) in [5.41, 5.74) is 0. The molecule has 0 aliphatic heterocycles. The van der Waals surface area contributed by atoms with Gasteiger partial charge in [-0.25, -0.2) is 9.37 Å². The molecule has 21 heavy (non-hydrogen) atoms. The first-order valence-electron chi connectivity index (χ1n) is 6.69. The molecule has 0 bridgehead atoms. The van der Waals surface area contributed by atoms with E-state index in [1.807, 2.05) is 0 Å². The predicted molar refractivity (Wildman–Crippen MR) is 74.2 cm³/mol. The summed E-state index contributed by atoms with van der Waals surface area (Å²) in [4.78, 5) is 15.8. The van der Waals surface area contributed by atoms with Crippen molar-refractivity contribution in [3.63, 3.8) is 0 Å². The number of amides is 1. The molecule has 0 saturated heterocycles. The van der Waals surface area contributed by atoms with Crippen LogP contribution in [0.25, 0.3) is 0 Å². The monoisotopic (exact) mass is 292 g/mol. The average Bonchev–Trinajstić information content (AvgIpc) is 2.99. The van der Waals surface area contributed by atoms with Crippen molar-refractivity contribution in [1.82, 2.24) is 20.5 Å². The number of ether oxygens (including phenoxy) is 1. The Hall–Kier alpha value is -2.44. The van der Waals surface area contributed by atoms with Gasteiger partial charge in [0.15, 0.2) is 6.10 Å². The zero-order valence-electron chi connectivity index (χ0n) is 11.7. The largest absolute Gasteiger partial charge is 0.481 e. The minimum atomic E-state index is -0.638. The predicted octanol–water partition coefficient (Wildman–Crippen LogP) is 1.46. The molecule has 2 rings (SSSR count). The molecule has 7 heteroatoms. The van der Waals surface area contributed by atoms with Crippen molar-refractivity contribution in [3.05, 3.63) is 42.2 Å². The summed E-state index contributed by atoms with van der Waals surface area (Å²) in [5, 5.41) is 9.28. The molecule has 112 valence electrons. The quantitative estimate of drug-likeness (QED) is 0.757. The fraction of sp³-hybridized carbons (Fsp3) is 0.357. The van der Waals surface area contributed by atoms with E-state index in [1.165, 1.54) is 30.6 Å². The van der Waals surface area contributed by atoms with Crippen molar-refractivity contribution in [2.75, 3.05) is 6.54 Å². The maximum absolute atomic E-state index is 12.8. The summed E-state index contributed by atoms with van der Waals surface area (Å²) in [7, 11) is 0. The lowest BCUT2D eigenvalue weighted by Gasteiger charge is -2.14. The number of nitrogens with one attached hydrogen (secondary N) is 2. The van der Waals surface area contributed by atoms with Crippen molar-refractivity contribution in [2.45, 2.75) is 25.9 Å². The molecule has 0 aliphatic carbocycles. The number of rotatable bonds is 7. The summed E-state index contributed by atoms with van der Waals surface area (Å²) in [5.74, 6) is 0.698. The molecule has 0 saturated carbocycles. The van der Waals surface area contributed by atoms with Crippen LogP contribution in [0.1, 0.15) is 19.2 Å². The van der Waals surface area contributed by atoms with Crippen molar-refractivity contribution < 1.29 is 13.9 Å². The molecule has 2 N–H and O–H groups in total. The zero-order chi connectivity index (χ0) is 15.1. The molecule has 1 heterocycles. The van der Waals surface area contributed by atoms with Gasteiger partial charge in [-0.15, -0.1) is 0 Å². The number of aromatic nitrogens is 3. The second kappa shape index (κ2) is 7.37. The van der Waals surface area contributed by atoms with E-state index in [-0.39, 0.29) is 11.7 Å². The molecule has 1 unspecified atom stereocenters. The molecule has 2 aromatic rings. The van der Waals surface area contributed by atoms with Gasteiger partial charge >= 0.3 is 0 Å². The van der Waals surface area contributed by atoms with E-state index in [0.29, 0.717) is 18.7 Å². The highest BCUT2D eigenvalue weighted by molar-refractivity contribution is 5.80. The molecule has 0 fully saturated rings. The van der Waals surface area contributed by atoms with Crippen molar-refractivity contribution >= 4 is 5.91 Å². The second-order valence-electron chi connectivity index (χ2n) is 4.54. The van der Waals surface area contributed by atoms with Crippen LogP contribution in [0.2, 0.25) is 0 Å². The fourth-order valence-electron chi connectivity index (χ4n) is 1.73. The minimum Gasteiger partial charge on any atom is -0.481 e. The summed E-state index contributed by atoms with van der Waals surface area (Å²) >= 11 is 0. The number of benzene rings is 1. The van der Waals surface area contributed by atoms with E-state index in [4.69, 9.17) is 4.74 Å². The first-order chi connectivity index (χ1) is 10.1. The number of hydrogen-bond donors (Lipinski definition) is 2. The zero-order valence-corrected chi connectivity index (χ0v) is 11.7. The van der Waals surface area contributed by atoms with E-state index in [1.54, 1.807) is 6.92 Å². The normalized spacial score (nSPS) is 11.9. The van der Waals surface area contributed by atoms with Crippen LogP contribution in [0.4, 0.5) is 4.39 Å². The number of H-pyrrole nitrogens is 1. The van der Waals surface area contributed by atoms with Gasteiger partial charge in [0, 0.05) is 13.0 Å². The van der Waals surface area contributed by atoms with Gasteiger partial charge in [0.25, 0.3) is 5.91 Å². The fourth-order valence-corrected chi connectivity index (χ4v) is 1.73. The maximum Gasteiger partial charge on any atom is 0.260 e. The van der Waals surface area contributed by atoms with Gasteiger partial charge in [0.2, 0.25) is 0 Å². The summed E-state index contributed by atoms with van der Waals surface area (Å²) < 4.78 is 18.2. The van der Waals surface area contributed by atoms with Crippen LogP contribution in [0.15, 0.2) is 30.6 Å². The average molecular weight is 292 g/mol. The topological polar surface area (TPSA) is 79.9 Å². The van der Waals surface area contributed by atoms with Gasteiger partial charge in [0.1, 0.15) is 23.7 Å². The highest BCUT2D eigenvalue weighted by Gasteiger charge is 2.13. The molecule has 0 spiro atoms. The Bertz CT molecular complexity index is 557. The van der Waals surface area contributed by atoms with E-state index >= 15 is 0 Å². The molecule has 1 aromatic heterocycles. The van der Waals surface area contributed by atoms with Gasteiger partial charge < -0.3 is 10.1 Å². The smallest absolute Gasteiger partial charge is 0.260 e.